The predicted octanol–water partition coefficient (Wildman–Crippen LogP) is 1.87. The zero-order valence-electron chi connectivity index (χ0n) is 12.2. The van der Waals surface area contributed by atoms with E-state index >= 15 is 0 Å². The molecule has 1 aliphatic heterocycles. The minimum atomic E-state index is 0.684. The molecule has 4 heteroatoms. The fourth-order valence-corrected chi connectivity index (χ4v) is 2.95. The highest BCUT2D eigenvalue weighted by Crippen LogP contribution is 2.22. The van der Waals surface area contributed by atoms with Crippen LogP contribution in [0.2, 0.25) is 0 Å². The minimum Gasteiger partial charge on any atom is -0.333 e. The van der Waals surface area contributed by atoms with Gasteiger partial charge in [-0.2, -0.15) is 0 Å². The molecule has 3 rings (SSSR count). The molecule has 2 heterocycles. The summed E-state index contributed by atoms with van der Waals surface area (Å²) in [7, 11) is 0. The van der Waals surface area contributed by atoms with Crippen molar-refractivity contribution in [3.63, 3.8) is 0 Å². The molecule has 1 aliphatic carbocycles. The van der Waals surface area contributed by atoms with E-state index in [0.717, 1.165) is 25.0 Å². The number of nitrogens with zero attached hydrogens (tertiary/aromatic N) is 3. The quantitative estimate of drug-likeness (QED) is 0.849. The van der Waals surface area contributed by atoms with Gasteiger partial charge >= 0.3 is 0 Å². The molecule has 0 bridgehead atoms. The summed E-state index contributed by atoms with van der Waals surface area (Å²) < 4.78 is 2.35. The highest BCUT2D eigenvalue weighted by atomic mass is 15.2. The first-order valence-electron chi connectivity index (χ1n) is 7.69. The summed E-state index contributed by atoms with van der Waals surface area (Å²) in [6.45, 7) is 9.20. The van der Waals surface area contributed by atoms with Crippen molar-refractivity contribution in [2.75, 3.05) is 13.1 Å². The topological polar surface area (TPSA) is 33.1 Å². The Labute approximate surface area is 116 Å². The van der Waals surface area contributed by atoms with Gasteiger partial charge in [0.2, 0.25) is 0 Å². The molecule has 1 aromatic heterocycles. The van der Waals surface area contributed by atoms with Gasteiger partial charge < -0.3 is 14.8 Å². The number of imidazole rings is 1. The third kappa shape index (κ3) is 3.37. The van der Waals surface area contributed by atoms with Gasteiger partial charge in [-0.25, -0.2) is 4.98 Å². The maximum absolute atomic E-state index is 4.33. The first-order chi connectivity index (χ1) is 9.22. The number of hydrogen-bond donors (Lipinski definition) is 1. The average Bonchev–Trinajstić information content (AvgIpc) is 2.92. The molecule has 1 N–H and O–H groups in total. The summed E-state index contributed by atoms with van der Waals surface area (Å²) in [5.74, 6) is 0.788. The van der Waals surface area contributed by atoms with Crippen LogP contribution in [0.25, 0.3) is 0 Å². The number of hydrogen-bond acceptors (Lipinski definition) is 3. The van der Waals surface area contributed by atoms with Gasteiger partial charge in [-0.15, -0.1) is 0 Å². The lowest BCUT2D eigenvalue weighted by molar-refractivity contribution is 0.260. The molecule has 0 aromatic carbocycles. The summed E-state index contributed by atoms with van der Waals surface area (Å²) in [6.07, 6.45) is 8.04. The standard InChI is InChI=1S/C15H26N4/c1-12(2)18-6-5-13(9-18)10-19-11-16-7-15(19)8-17-14-3-4-14/h7,11-14,17H,3-6,8-10H2,1-2H3. The van der Waals surface area contributed by atoms with Crippen LogP contribution < -0.4 is 5.32 Å². The molecule has 4 nitrogen and oxygen atoms in total. The lowest BCUT2D eigenvalue weighted by Gasteiger charge is -2.20. The second-order valence-electron chi connectivity index (χ2n) is 6.44. The zero-order chi connectivity index (χ0) is 13.2. The van der Waals surface area contributed by atoms with E-state index in [1.807, 2.05) is 12.5 Å². The highest BCUT2D eigenvalue weighted by Gasteiger charge is 2.25. The Bertz CT molecular complexity index is 408. The van der Waals surface area contributed by atoms with Crippen molar-refractivity contribution in [1.82, 2.24) is 19.8 Å². The maximum atomic E-state index is 4.33. The van der Waals surface area contributed by atoms with Crippen LogP contribution in [0, 0.1) is 5.92 Å². The molecular weight excluding hydrogens is 236 g/mol. The molecule has 1 saturated heterocycles. The van der Waals surface area contributed by atoms with Gasteiger partial charge in [0, 0.05) is 37.9 Å². The second kappa shape index (κ2) is 5.63. The van der Waals surface area contributed by atoms with Gasteiger partial charge in [0.1, 0.15) is 0 Å². The molecule has 1 unspecified atom stereocenters. The Morgan fingerprint density at radius 2 is 2.21 bits per heavy atom. The predicted molar refractivity (Wildman–Crippen MR) is 76.9 cm³/mol. The van der Waals surface area contributed by atoms with Crippen molar-refractivity contribution in [3.05, 3.63) is 18.2 Å². The molecule has 2 fully saturated rings. The molecule has 1 saturated carbocycles. The lowest BCUT2D eigenvalue weighted by atomic mass is 10.1. The molecule has 106 valence electrons. The first kappa shape index (κ1) is 13.1. The molecule has 1 aromatic rings. The van der Waals surface area contributed by atoms with Crippen molar-refractivity contribution in [2.24, 2.45) is 5.92 Å². The van der Waals surface area contributed by atoms with Gasteiger partial charge in [0.25, 0.3) is 0 Å². The van der Waals surface area contributed by atoms with Crippen LogP contribution >= 0.6 is 0 Å². The van der Waals surface area contributed by atoms with Crippen molar-refractivity contribution < 1.29 is 0 Å². The van der Waals surface area contributed by atoms with Crippen LogP contribution in [0.4, 0.5) is 0 Å². The van der Waals surface area contributed by atoms with Crippen LogP contribution in [0.15, 0.2) is 12.5 Å². The van der Waals surface area contributed by atoms with Crippen LogP contribution in [0.5, 0.6) is 0 Å². The zero-order valence-corrected chi connectivity index (χ0v) is 12.2. The van der Waals surface area contributed by atoms with Gasteiger partial charge in [-0.1, -0.05) is 0 Å². The third-order valence-corrected chi connectivity index (χ3v) is 4.45. The average molecular weight is 262 g/mol. The van der Waals surface area contributed by atoms with E-state index in [4.69, 9.17) is 0 Å². The number of aromatic nitrogens is 2. The van der Waals surface area contributed by atoms with E-state index in [9.17, 15) is 0 Å². The Morgan fingerprint density at radius 1 is 1.37 bits per heavy atom. The van der Waals surface area contributed by atoms with Gasteiger partial charge in [-0.3, -0.25) is 0 Å². The molecule has 0 spiro atoms. The molecule has 19 heavy (non-hydrogen) atoms. The Hall–Kier alpha value is -0.870. The molecule has 0 radical (unpaired) electrons. The van der Waals surface area contributed by atoms with Crippen molar-refractivity contribution >= 4 is 0 Å². The van der Waals surface area contributed by atoms with Crippen LogP contribution in [-0.2, 0) is 13.1 Å². The lowest BCUT2D eigenvalue weighted by Crippen LogP contribution is -2.29. The van der Waals surface area contributed by atoms with Gasteiger partial charge in [0.05, 0.1) is 12.0 Å². The summed E-state index contributed by atoms with van der Waals surface area (Å²) in [4.78, 5) is 6.91. The summed E-state index contributed by atoms with van der Waals surface area (Å²) in [5, 5.41) is 3.58. The van der Waals surface area contributed by atoms with Crippen LogP contribution in [0.3, 0.4) is 0 Å². The molecule has 2 aliphatic rings. The van der Waals surface area contributed by atoms with Crippen LogP contribution in [0.1, 0.15) is 38.8 Å². The highest BCUT2D eigenvalue weighted by molar-refractivity contribution is 5.00. The maximum Gasteiger partial charge on any atom is 0.0948 e. The first-order valence-corrected chi connectivity index (χ1v) is 7.69. The fraction of sp³-hybridized carbons (Fsp3) is 0.800. The minimum absolute atomic E-state index is 0.684. The van der Waals surface area contributed by atoms with E-state index in [2.05, 4.69) is 33.6 Å². The Morgan fingerprint density at radius 3 is 2.89 bits per heavy atom. The van der Waals surface area contributed by atoms with Crippen molar-refractivity contribution in [2.45, 2.75) is 58.3 Å². The SMILES string of the molecule is CC(C)N1CCC(Cn2cncc2CNC2CC2)C1. The van der Waals surface area contributed by atoms with Gasteiger partial charge in [0.15, 0.2) is 0 Å². The van der Waals surface area contributed by atoms with Crippen LogP contribution in [-0.4, -0.2) is 39.6 Å². The number of likely N-dealkylation sites (tertiary alicyclic amines) is 1. The molecular formula is C15H26N4. The molecule has 0 amide bonds. The number of nitrogens with one attached hydrogen (secondary N) is 1. The summed E-state index contributed by atoms with van der Waals surface area (Å²) >= 11 is 0. The largest absolute Gasteiger partial charge is 0.333 e. The fourth-order valence-electron chi connectivity index (χ4n) is 2.95. The van der Waals surface area contributed by atoms with Crippen molar-refractivity contribution in [1.29, 1.82) is 0 Å². The normalized spacial score (nSPS) is 24.5. The smallest absolute Gasteiger partial charge is 0.0948 e. The van der Waals surface area contributed by atoms with E-state index in [1.165, 1.54) is 38.0 Å². The molecule has 1 atom stereocenters. The monoisotopic (exact) mass is 262 g/mol. The van der Waals surface area contributed by atoms with E-state index in [0.29, 0.717) is 6.04 Å². The van der Waals surface area contributed by atoms with E-state index < -0.39 is 0 Å². The second-order valence-corrected chi connectivity index (χ2v) is 6.44. The number of rotatable bonds is 6. The van der Waals surface area contributed by atoms with E-state index in [1.54, 1.807) is 0 Å². The summed E-state index contributed by atoms with van der Waals surface area (Å²) in [5.41, 5.74) is 1.34. The summed E-state index contributed by atoms with van der Waals surface area (Å²) in [6, 6.07) is 1.45. The Balaban J connectivity index is 1.53. The van der Waals surface area contributed by atoms with Gasteiger partial charge in [-0.05, 0) is 45.6 Å². The third-order valence-electron chi connectivity index (χ3n) is 4.45. The Kier molecular flexibility index (Phi) is 3.89. The van der Waals surface area contributed by atoms with E-state index in [-0.39, 0.29) is 0 Å². The van der Waals surface area contributed by atoms with Crippen molar-refractivity contribution in [3.8, 4) is 0 Å².